The maximum absolute atomic E-state index is 13.2. The summed E-state index contributed by atoms with van der Waals surface area (Å²) in [5, 5.41) is 4.66. The Labute approximate surface area is 136 Å². The van der Waals surface area contributed by atoms with E-state index in [4.69, 9.17) is 23.2 Å². The highest BCUT2D eigenvalue weighted by atomic mass is 79.9. The van der Waals surface area contributed by atoms with Crippen LogP contribution in [-0.4, -0.2) is 4.98 Å². The number of nitrogens with zero attached hydrogens (tertiary/aromatic N) is 1. The van der Waals surface area contributed by atoms with Crippen molar-refractivity contribution in [3.05, 3.63) is 50.7 Å². The summed E-state index contributed by atoms with van der Waals surface area (Å²) in [4.78, 5) is 4.42. The van der Waals surface area contributed by atoms with Crippen LogP contribution >= 0.6 is 50.5 Å². The smallest absolute Gasteiger partial charge is 0.188 e. The summed E-state index contributed by atoms with van der Waals surface area (Å²) in [6.45, 7) is 0. The fourth-order valence-electron chi connectivity index (χ4n) is 1.74. The maximum atomic E-state index is 13.2. The van der Waals surface area contributed by atoms with Crippen molar-refractivity contribution in [1.29, 1.82) is 0 Å². The lowest BCUT2D eigenvalue weighted by Crippen LogP contribution is -1.92. The second-order valence-corrected chi connectivity index (χ2v) is 6.64. The molecule has 0 fully saturated rings. The first kappa shape index (κ1) is 14.1. The third kappa shape index (κ3) is 2.63. The first-order chi connectivity index (χ1) is 9.54. The minimum Gasteiger partial charge on any atom is -0.329 e. The van der Waals surface area contributed by atoms with Crippen LogP contribution in [-0.2, 0) is 0 Å². The Morgan fingerprint density at radius 2 is 2.00 bits per heavy atom. The van der Waals surface area contributed by atoms with Gasteiger partial charge in [-0.25, -0.2) is 9.37 Å². The highest BCUT2D eigenvalue weighted by molar-refractivity contribution is 9.10. The van der Waals surface area contributed by atoms with Crippen LogP contribution in [0.1, 0.15) is 0 Å². The van der Waals surface area contributed by atoms with E-state index in [1.165, 1.54) is 23.5 Å². The summed E-state index contributed by atoms with van der Waals surface area (Å²) in [5.74, 6) is -0.403. The van der Waals surface area contributed by atoms with Crippen molar-refractivity contribution in [3.8, 4) is 0 Å². The standard InChI is InChI=1S/C13H6BrCl2FN2S/c14-7-4-6(17)5-9(16)11(7)19-13-18-10-3-1-2-8(15)12(10)20-13/h1-5H,(H,18,19). The van der Waals surface area contributed by atoms with Crippen LogP contribution in [0.5, 0.6) is 0 Å². The molecule has 0 saturated carbocycles. The van der Waals surface area contributed by atoms with Crippen molar-refractivity contribution in [2.75, 3.05) is 5.32 Å². The Hall–Kier alpha value is -0.880. The van der Waals surface area contributed by atoms with Crippen molar-refractivity contribution in [2.24, 2.45) is 0 Å². The van der Waals surface area contributed by atoms with Gasteiger partial charge in [-0.15, -0.1) is 0 Å². The zero-order valence-electron chi connectivity index (χ0n) is 9.75. The van der Waals surface area contributed by atoms with Crippen molar-refractivity contribution in [1.82, 2.24) is 4.98 Å². The molecule has 0 amide bonds. The Morgan fingerprint density at radius 1 is 1.20 bits per heavy atom. The number of halogens is 4. The van der Waals surface area contributed by atoms with E-state index in [0.29, 0.717) is 20.3 Å². The van der Waals surface area contributed by atoms with Gasteiger partial charge < -0.3 is 5.32 Å². The highest BCUT2D eigenvalue weighted by Crippen LogP contribution is 2.37. The van der Waals surface area contributed by atoms with Crippen molar-refractivity contribution in [3.63, 3.8) is 0 Å². The molecule has 1 heterocycles. The molecular formula is C13H6BrCl2FN2S. The van der Waals surface area contributed by atoms with E-state index in [2.05, 4.69) is 26.2 Å². The van der Waals surface area contributed by atoms with Crippen LogP contribution in [0, 0.1) is 5.82 Å². The zero-order chi connectivity index (χ0) is 14.3. The van der Waals surface area contributed by atoms with Crippen molar-refractivity contribution >= 4 is 71.5 Å². The second kappa shape index (κ2) is 5.48. The molecule has 2 nitrogen and oxygen atoms in total. The minimum atomic E-state index is -0.403. The number of benzene rings is 2. The first-order valence-electron chi connectivity index (χ1n) is 5.51. The average Bonchev–Trinajstić information content (AvgIpc) is 2.78. The van der Waals surface area contributed by atoms with E-state index in [0.717, 1.165) is 10.2 Å². The topological polar surface area (TPSA) is 24.9 Å². The zero-order valence-corrected chi connectivity index (χ0v) is 13.7. The molecule has 0 aliphatic heterocycles. The summed E-state index contributed by atoms with van der Waals surface area (Å²) in [7, 11) is 0. The van der Waals surface area contributed by atoms with Gasteiger partial charge in [-0.3, -0.25) is 0 Å². The lowest BCUT2D eigenvalue weighted by molar-refractivity contribution is 0.627. The number of rotatable bonds is 2. The molecular weight excluding hydrogens is 386 g/mol. The summed E-state index contributed by atoms with van der Waals surface area (Å²) in [6, 6.07) is 8.12. The molecule has 0 saturated heterocycles. The number of hydrogen-bond donors (Lipinski definition) is 1. The number of hydrogen-bond acceptors (Lipinski definition) is 3. The molecule has 20 heavy (non-hydrogen) atoms. The Balaban J connectivity index is 2.04. The lowest BCUT2D eigenvalue weighted by Gasteiger charge is -2.07. The molecule has 3 aromatic rings. The summed E-state index contributed by atoms with van der Waals surface area (Å²) >= 11 is 16.8. The van der Waals surface area contributed by atoms with Crippen LogP contribution in [0.2, 0.25) is 10.0 Å². The average molecular weight is 392 g/mol. The van der Waals surface area contributed by atoms with Gasteiger partial charge in [-0.05, 0) is 40.2 Å². The van der Waals surface area contributed by atoms with Crippen LogP contribution < -0.4 is 5.32 Å². The SMILES string of the molecule is Fc1cc(Cl)c(Nc2nc3cccc(Cl)c3s2)c(Br)c1. The molecule has 102 valence electrons. The molecule has 1 aromatic heterocycles. The van der Waals surface area contributed by atoms with Crippen molar-refractivity contribution in [2.45, 2.75) is 0 Å². The van der Waals surface area contributed by atoms with Gasteiger partial charge in [0.1, 0.15) is 5.82 Å². The van der Waals surface area contributed by atoms with Crippen LogP contribution in [0.15, 0.2) is 34.8 Å². The largest absolute Gasteiger partial charge is 0.329 e. The van der Waals surface area contributed by atoms with Crippen LogP contribution in [0.4, 0.5) is 15.2 Å². The molecule has 0 bridgehead atoms. The number of aromatic nitrogens is 1. The fraction of sp³-hybridized carbons (Fsp3) is 0. The Bertz CT molecular complexity index is 783. The number of nitrogens with one attached hydrogen (secondary N) is 1. The second-order valence-electron chi connectivity index (χ2n) is 3.98. The van der Waals surface area contributed by atoms with E-state index >= 15 is 0 Å². The highest BCUT2D eigenvalue weighted by Gasteiger charge is 2.12. The number of anilines is 2. The van der Waals surface area contributed by atoms with E-state index in [1.54, 1.807) is 0 Å². The van der Waals surface area contributed by atoms with Crippen molar-refractivity contribution < 1.29 is 4.39 Å². The Kier molecular flexibility index (Phi) is 3.86. The maximum Gasteiger partial charge on any atom is 0.188 e. The molecule has 0 spiro atoms. The van der Waals surface area contributed by atoms with Gasteiger partial charge in [-0.2, -0.15) is 0 Å². The van der Waals surface area contributed by atoms with E-state index in [-0.39, 0.29) is 5.02 Å². The number of fused-ring (bicyclic) bond motifs is 1. The third-order valence-electron chi connectivity index (χ3n) is 2.61. The van der Waals surface area contributed by atoms with E-state index in [1.807, 2.05) is 18.2 Å². The molecule has 1 N–H and O–H groups in total. The van der Waals surface area contributed by atoms with Gasteiger partial charge in [0.15, 0.2) is 5.13 Å². The third-order valence-corrected chi connectivity index (χ3v) is 4.98. The summed E-state index contributed by atoms with van der Waals surface area (Å²) in [5.41, 5.74) is 1.38. The van der Waals surface area contributed by atoms with Gasteiger partial charge in [-0.1, -0.05) is 40.6 Å². The van der Waals surface area contributed by atoms with Gasteiger partial charge in [0.25, 0.3) is 0 Å². The normalized spacial score (nSPS) is 11.0. The minimum absolute atomic E-state index is 0.280. The van der Waals surface area contributed by atoms with E-state index in [9.17, 15) is 4.39 Å². The first-order valence-corrected chi connectivity index (χ1v) is 7.88. The molecule has 0 atom stereocenters. The van der Waals surface area contributed by atoms with Gasteiger partial charge >= 0.3 is 0 Å². The summed E-state index contributed by atoms with van der Waals surface area (Å²) < 4.78 is 14.6. The predicted octanol–water partition coefficient (Wildman–Crippen LogP) is 6.25. The summed E-state index contributed by atoms with van der Waals surface area (Å²) in [6.07, 6.45) is 0. The predicted molar refractivity (Wildman–Crippen MR) is 87.0 cm³/mol. The lowest BCUT2D eigenvalue weighted by atomic mass is 10.3. The van der Waals surface area contributed by atoms with Gasteiger partial charge in [0.05, 0.1) is 25.9 Å². The van der Waals surface area contributed by atoms with E-state index < -0.39 is 5.82 Å². The molecule has 0 aliphatic rings. The van der Waals surface area contributed by atoms with Gasteiger partial charge in [0.2, 0.25) is 0 Å². The molecule has 0 unspecified atom stereocenters. The molecule has 0 radical (unpaired) electrons. The Morgan fingerprint density at radius 3 is 2.70 bits per heavy atom. The fourth-order valence-corrected chi connectivity index (χ4v) is 3.80. The molecule has 7 heteroatoms. The van der Waals surface area contributed by atoms with Gasteiger partial charge in [0, 0.05) is 4.47 Å². The molecule has 3 rings (SSSR count). The molecule has 0 aliphatic carbocycles. The van der Waals surface area contributed by atoms with Crippen LogP contribution in [0.25, 0.3) is 10.2 Å². The quantitative estimate of drug-likeness (QED) is 0.558. The number of thiazole rings is 1. The molecule has 2 aromatic carbocycles. The van der Waals surface area contributed by atoms with Crippen LogP contribution in [0.3, 0.4) is 0 Å². The monoisotopic (exact) mass is 390 g/mol.